The molecule has 104 valence electrons. The van der Waals surface area contributed by atoms with Gasteiger partial charge in [-0.2, -0.15) is 0 Å². The van der Waals surface area contributed by atoms with Crippen molar-refractivity contribution in [2.45, 2.75) is 19.9 Å². The first-order valence-electron chi connectivity index (χ1n) is 6.60. The molecule has 1 aliphatic rings. The molecule has 0 bridgehead atoms. The smallest absolute Gasteiger partial charge is 0.138 e. The van der Waals surface area contributed by atoms with Gasteiger partial charge in [-0.1, -0.05) is 13.0 Å². The van der Waals surface area contributed by atoms with Gasteiger partial charge in [0.25, 0.3) is 0 Å². The van der Waals surface area contributed by atoms with Crippen LogP contribution in [0.3, 0.4) is 0 Å². The molecule has 1 atom stereocenters. The van der Waals surface area contributed by atoms with Gasteiger partial charge in [0.05, 0.1) is 14.2 Å². The molecule has 1 heterocycles. The molecule has 1 aromatic carbocycles. The van der Waals surface area contributed by atoms with E-state index in [4.69, 9.17) is 9.47 Å². The molecule has 4 nitrogen and oxygen atoms in total. The van der Waals surface area contributed by atoms with Crippen LogP contribution in [0.2, 0.25) is 0 Å². The number of hydrogen-bond donors (Lipinski definition) is 0. The third-order valence-electron chi connectivity index (χ3n) is 3.64. The number of carbonyl (C=O) groups is 1. The lowest BCUT2D eigenvalue weighted by Crippen LogP contribution is -2.39. The van der Waals surface area contributed by atoms with Crippen LogP contribution in [-0.4, -0.2) is 38.0 Å². The zero-order valence-electron chi connectivity index (χ0n) is 11.8. The first-order chi connectivity index (χ1) is 9.13. The van der Waals surface area contributed by atoms with Crippen molar-refractivity contribution >= 4 is 5.78 Å². The quantitative estimate of drug-likeness (QED) is 0.834. The predicted molar refractivity (Wildman–Crippen MR) is 73.6 cm³/mol. The van der Waals surface area contributed by atoms with Gasteiger partial charge in [0.2, 0.25) is 0 Å². The number of Topliss-reactive ketones (excluding diaryl/α,β-unsaturated/α-hetero) is 1. The first kappa shape index (κ1) is 13.9. The van der Waals surface area contributed by atoms with E-state index in [9.17, 15) is 4.79 Å². The third kappa shape index (κ3) is 3.26. The number of ether oxygens (including phenoxy) is 2. The average molecular weight is 263 g/mol. The Balaban J connectivity index is 2.08. The van der Waals surface area contributed by atoms with E-state index in [1.165, 1.54) is 0 Å². The van der Waals surface area contributed by atoms with Crippen molar-refractivity contribution in [2.75, 3.05) is 27.3 Å². The minimum Gasteiger partial charge on any atom is -0.497 e. The van der Waals surface area contributed by atoms with Crippen molar-refractivity contribution in [3.05, 3.63) is 23.8 Å². The van der Waals surface area contributed by atoms with Crippen LogP contribution in [0.4, 0.5) is 0 Å². The van der Waals surface area contributed by atoms with Crippen LogP contribution in [0.25, 0.3) is 0 Å². The summed E-state index contributed by atoms with van der Waals surface area (Å²) in [5.74, 6) is 2.14. The van der Waals surface area contributed by atoms with E-state index in [0.29, 0.717) is 12.2 Å². The molecule has 0 N–H and O–H groups in total. The number of ketones is 1. The van der Waals surface area contributed by atoms with E-state index >= 15 is 0 Å². The molecular formula is C15H21NO3. The molecule has 4 heteroatoms. The van der Waals surface area contributed by atoms with Gasteiger partial charge in [-0.15, -0.1) is 0 Å². The van der Waals surface area contributed by atoms with Crippen molar-refractivity contribution in [2.24, 2.45) is 5.92 Å². The Morgan fingerprint density at radius 3 is 2.74 bits per heavy atom. The molecule has 0 spiro atoms. The highest BCUT2D eigenvalue weighted by molar-refractivity contribution is 5.81. The van der Waals surface area contributed by atoms with Gasteiger partial charge in [0, 0.05) is 43.6 Å². The fourth-order valence-electron chi connectivity index (χ4n) is 2.46. The molecule has 0 aliphatic carbocycles. The lowest BCUT2D eigenvalue weighted by molar-refractivity contribution is -0.125. The molecule has 0 saturated carbocycles. The van der Waals surface area contributed by atoms with Crippen molar-refractivity contribution < 1.29 is 14.3 Å². The molecule has 19 heavy (non-hydrogen) atoms. The number of benzene rings is 1. The number of nitrogens with zero attached hydrogens (tertiary/aromatic N) is 1. The monoisotopic (exact) mass is 263 g/mol. The summed E-state index contributed by atoms with van der Waals surface area (Å²) in [6.45, 7) is 4.47. The number of hydrogen-bond acceptors (Lipinski definition) is 4. The maximum absolute atomic E-state index is 11.5. The van der Waals surface area contributed by atoms with Gasteiger partial charge < -0.3 is 9.47 Å². The van der Waals surface area contributed by atoms with E-state index in [2.05, 4.69) is 4.90 Å². The fraction of sp³-hybridized carbons (Fsp3) is 0.533. The number of likely N-dealkylation sites (tertiary alicyclic amines) is 1. The van der Waals surface area contributed by atoms with Crippen LogP contribution in [0.15, 0.2) is 18.2 Å². The zero-order valence-corrected chi connectivity index (χ0v) is 11.8. The van der Waals surface area contributed by atoms with Crippen molar-refractivity contribution in [1.82, 2.24) is 4.90 Å². The topological polar surface area (TPSA) is 38.8 Å². The van der Waals surface area contributed by atoms with Gasteiger partial charge in [-0.3, -0.25) is 9.69 Å². The molecule has 1 fully saturated rings. The number of carbonyl (C=O) groups excluding carboxylic acids is 1. The second kappa shape index (κ2) is 6.06. The van der Waals surface area contributed by atoms with Crippen LogP contribution in [0.5, 0.6) is 11.5 Å². The molecule has 1 unspecified atom stereocenters. The Morgan fingerprint density at radius 2 is 2.11 bits per heavy atom. The van der Waals surface area contributed by atoms with Crippen molar-refractivity contribution in [3.8, 4) is 11.5 Å². The second-order valence-electron chi connectivity index (χ2n) is 5.03. The molecule has 0 amide bonds. The van der Waals surface area contributed by atoms with Gasteiger partial charge in [-0.05, 0) is 6.07 Å². The SMILES string of the molecule is COc1ccc(CN2CCC(=O)C(C)C2)c(OC)c1. The Morgan fingerprint density at radius 1 is 1.32 bits per heavy atom. The summed E-state index contributed by atoms with van der Waals surface area (Å²) >= 11 is 0. The summed E-state index contributed by atoms with van der Waals surface area (Å²) in [7, 11) is 3.31. The summed E-state index contributed by atoms with van der Waals surface area (Å²) in [6, 6.07) is 5.86. The Bertz CT molecular complexity index is 459. The molecule has 1 saturated heterocycles. The van der Waals surface area contributed by atoms with E-state index in [1.54, 1.807) is 14.2 Å². The van der Waals surface area contributed by atoms with Crippen LogP contribution < -0.4 is 9.47 Å². The lowest BCUT2D eigenvalue weighted by Gasteiger charge is -2.30. The van der Waals surface area contributed by atoms with Crippen LogP contribution in [-0.2, 0) is 11.3 Å². The normalized spacial score (nSPS) is 20.4. The summed E-state index contributed by atoms with van der Waals surface area (Å²) in [4.78, 5) is 13.8. The Labute approximate surface area is 114 Å². The lowest BCUT2D eigenvalue weighted by atomic mass is 9.98. The highest BCUT2D eigenvalue weighted by Gasteiger charge is 2.23. The van der Waals surface area contributed by atoms with Crippen LogP contribution >= 0.6 is 0 Å². The summed E-state index contributed by atoms with van der Waals surface area (Å²) < 4.78 is 10.6. The average Bonchev–Trinajstić information content (AvgIpc) is 2.43. The van der Waals surface area contributed by atoms with Crippen molar-refractivity contribution in [3.63, 3.8) is 0 Å². The molecule has 1 aromatic rings. The Kier molecular flexibility index (Phi) is 4.43. The molecular weight excluding hydrogens is 242 g/mol. The summed E-state index contributed by atoms with van der Waals surface area (Å²) in [5, 5.41) is 0. The fourth-order valence-corrected chi connectivity index (χ4v) is 2.46. The predicted octanol–water partition coefficient (Wildman–Crippen LogP) is 2.11. The summed E-state index contributed by atoms with van der Waals surface area (Å²) in [5.41, 5.74) is 1.13. The third-order valence-corrected chi connectivity index (χ3v) is 3.64. The highest BCUT2D eigenvalue weighted by Crippen LogP contribution is 2.26. The number of piperidine rings is 1. The van der Waals surface area contributed by atoms with E-state index in [-0.39, 0.29) is 5.92 Å². The van der Waals surface area contributed by atoms with Crippen molar-refractivity contribution in [1.29, 1.82) is 0 Å². The minimum absolute atomic E-state index is 0.137. The van der Waals surface area contributed by atoms with Gasteiger partial charge in [0.1, 0.15) is 17.3 Å². The first-order valence-corrected chi connectivity index (χ1v) is 6.60. The molecule has 0 aromatic heterocycles. The van der Waals surface area contributed by atoms with E-state index < -0.39 is 0 Å². The second-order valence-corrected chi connectivity index (χ2v) is 5.03. The molecule has 1 aliphatic heterocycles. The van der Waals surface area contributed by atoms with Crippen LogP contribution in [0, 0.1) is 5.92 Å². The Hall–Kier alpha value is -1.55. The minimum atomic E-state index is 0.137. The summed E-state index contributed by atoms with van der Waals surface area (Å²) in [6.07, 6.45) is 0.652. The highest BCUT2D eigenvalue weighted by atomic mass is 16.5. The maximum atomic E-state index is 11.5. The molecule has 2 rings (SSSR count). The molecule has 0 radical (unpaired) electrons. The van der Waals surface area contributed by atoms with Gasteiger partial charge in [0.15, 0.2) is 0 Å². The van der Waals surface area contributed by atoms with Gasteiger partial charge in [-0.25, -0.2) is 0 Å². The van der Waals surface area contributed by atoms with Crippen LogP contribution in [0.1, 0.15) is 18.9 Å². The van der Waals surface area contributed by atoms with Gasteiger partial charge >= 0.3 is 0 Å². The van der Waals surface area contributed by atoms with E-state index in [0.717, 1.165) is 36.7 Å². The standard InChI is InChI=1S/C15H21NO3/c1-11-9-16(7-6-14(11)17)10-12-4-5-13(18-2)8-15(12)19-3/h4-5,8,11H,6-7,9-10H2,1-3H3. The largest absolute Gasteiger partial charge is 0.497 e. The zero-order chi connectivity index (χ0) is 13.8. The van der Waals surface area contributed by atoms with E-state index in [1.807, 2.05) is 25.1 Å². The number of rotatable bonds is 4. The maximum Gasteiger partial charge on any atom is 0.138 e. The number of methoxy groups -OCH3 is 2.